The van der Waals surface area contributed by atoms with Gasteiger partial charge < -0.3 is 5.11 Å². The quantitative estimate of drug-likeness (QED) is 0.641. The topological polar surface area (TPSA) is 58.6 Å². The molecule has 0 aliphatic rings. The molecule has 8 heteroatoms. The summed E-state index contributed by atoms with van der Waals surface area (Å²) in [5.41, 5.74) is 1.63. The zero-order valence-electron chi connectivity index (χ0n) is 8.21. The van der Waals surface area contributed by atoms with Crippen LogP contribution in [0.2, 0.25) is 0 Å². The van der Waals surface area contributed by atoms with Gasteiger partial charge in [-0.05, 0) is 40.8 Å². The fraction of sp³-hybridized carbons (Fsp3) is 0.222. The van der Waals surface area contributed by atoms with Crippen LogP contribution < -0.4 is 5.48 Å². The lowest BCUT2D eigenvalue weighted by atomic mass is 10.2. The summed E-state index contributed by atoms with van der Waals surface area (Å²) < 4.78 is 35.6. The number of hydroxylamine groups is 1. The maximum atomic E-state index is 11.7. The molecule has 0 aliphatic carbocycles. The Labute approximate surface area is 108 Å². The van der Waals surface area contributed by atoms with E-state index >= 15 is 0 Å². The molecule has 0 aromatic heterocycles. The number of carbonyl (C=O) groups excluding carboxylic acids is 1. The van der Waals surface area contributed by atoms with E-state index in [1.165, 1.54) is 12.1 Å². The maximum absolute atomic E-state index is 11.7. The largest absolute Gasteiger partial charge is 0.507 e. The van der Waals surface area contributed by atoms with Gasteiger partial charge in [0.2, 0.25) is 0 Å². The predicted octanol–water partition coefficient (Wildman–Crippen LogP) is 2.22. The number of benzene rings is 1. The summed E-state index contributed by atoms with van der Waals surface area (Å²) in [5, 5.41) is 9.30. The van der Waals surface area contributed by atoms with Gasteiger partial charge in [-0.2, -0.15) is 13.2 Å². The van der Waals surface area contributed by atoms with E-state index < -0.39 is 18.7 Å². The van der Waals surface area contributed by atoms with Gasteiger partial charge in [-0.25, -0.2) is 5.48 Å². The number of carbonyl (C=O) groups is 1. The van der Waals surface area contributed by atoms with E-state index in [9.17, 15) is 23.1 Å². The van der Waals surface area contributed by atoms with Gasteiger partial charge >= 0.3 is 6.18 Å². The summed E-state index contributed by atoms with van der Waals surface area (Å²) in [5.74, 6) is -0.991. The Hall–Kier alpha value is -1.03. The second-order valence-electron chi connectivity index (χ2n) is 3.00. The summed E-state index contributed by atoms with van der Waals surface area (Å²) in [6, 6.07) is 3.94. The average molecular weight is 361 g/mol. The molecule has 0 unspecified atom stereocenters. The highest BCUT2D eigenvalue weighted by molar-refractivity contribution is 14.1. The lowest BCUT2D eigenvalue weighted by Crippen LogP contribution is -2.29. The van der Waals surface area contributed by atoms with Gasteiger partial charge in [-0.15, -0.1) is 0 Å². The number of halogens is 4. The Balaban J connectivity index is 2.56. The van der Waals surface area contributed by atoms with Crippen molar-refractivity contribution in [1.29, 1.82) is 0 Å². The fourth-order valence-corrected chi connectivity index (χ4v) is 1.23. The van der Waals surface area contributed by atoms with Crippen molar-refractivity contribution in [2.45, 2.75) is 6.18 Å². The molecule has 0 bridgehead atoms. The average Bonchev–Trinajstić information content (AvgIpc) is 2.20. The van der Waals surface area contributed by atoms with Crippen LogP contribution >= 0.6 is 22.6 Å². The number of hydrogen-bond donors (Lipinski definition) is 2. The Morgan fingerprint density at radius 1 is 1.47 bits per heavy atom. The molecule has 2 N–H and O–H groups in total. The van der Waals surface area contributed by atoms with E-state index in [1.54, 1.807) is 5.48 Å². The van der Waals surface area contributed by atoms with E-state index in [0.29, 0.717) is 3.57 Å². The van der Waals surface area contributed by atoms with Crippen LogP contribution in [0.5, 0.6) is 5.75 Å². The number of phenols is 1. The van der Waals surface area contributed by atoms with E-state index in [1.807, 2.05) is 22.6 Å². The molecule has 0 aliphatic heterocycles. The number of rotatable bonds is 3. The van der Waals surface area contributed by atoms with Gasteiger partial charge in [0, 0.05) is 5.56 Å². The maximum Gasteiger partial charge on any atom is 0.414 e. The third-order valence-corrected chi connectivity index (χ3v) is 2.52. The molecular weight excluding hydrogens is 354 g/mol. The molecule has 0 atom stereocenters. The van der Waals surface area contributed by atoms with Crippen molar-refractivity contribution in [2.75, 3.05) is 6.61 Å². The highest BCUT2D eigenvalue weighted by Gasteiger charge is 2.28. The lowest BCUT2D eigenvalue weighted by Gasteiger charge is -2.08. The van der Waals surface area contributed by atoms with Crippen molar-refractivity contribution in [3.8, 4) is 5.75 Å². The first-order valence-corrected chi connectivity index (χ1v) is 5.35. The van der Waals surface area contributed by atoms with Crippen LogP contribution in [0.25, 0.3) is 0 Å². The minimum Gasteiger partial charge on any atom is -0.507 e. The summed E-state index contributed by atoms with van der Waals surface area (Å²) in [6.45, 7) is -1.57. The van der Waals surface area contributed by atoms with Crippen molar-refractivity contribution in [3.05, 3.63) is 27.3 Å². The molecule has 0 saturated carbocycles. The van der Waals surface area contributed by atoms with Crippen molar-refractivity contribution in [2.24, 2.45) is 0 Å². The Morgan fingerprint density at radius 2 is 2.12 bits per heavy atom. The number of nitrogens with one attached hydrogen (secondary N) is 1. The van der Waals surface area contributed by atoms with Gasteiger partial charge in [0.25, 0.3) is 5.91 Å². The Bertz CT molecular complexity index is 422. The van der Waals surface area contributed by atoms with Gasteiger partial charge in [-0.1, -0.05) is 0 Å². The van der Waals surface area contributed by atoms with Crippen LogP contribution in [-0.4, -0.2) is 23.8 Å². The SMILES string of the molecule is O=C(NOCC(F)(F)F)c1ccc(I)c(O)c1. The van der Waals surface area contributed by atoms with Gasteiger partial charge in [0.05, 0.1) is 3.57 Å². The molecule has 1 aromatic carbocycles. The van der Waals surface area contributed by atoms with Crippen molar-refractivity contribution < 1.29 is 27.9 Å². The first kappa shape index (κ1) is 14.0. The second-order valence-corrected chi connectivity index (χ2v) is 4.16. The molecule has 0 saturated heterocycles. The third kappa shape index (κ3) is 4.77. The minimum absolute atomic E-state index is 0.00471. The first-order valence-electron chi connectivity index (χ1n) is 4.27. The lowest BCUT2D eigenvalue weighted by molar-refractivity contribution is -0.184. The zero-order chi connectivity index (χ0) is 13.1. The molecule has 17 heavy (non-hydrogen) atoms. The molecule has 1 amide bonds. The summed E-state index contributed by atoms with van der Waals surface area (Å²) in [6.07, 6.45) is -4.51. The highest BCUT2D eigenvalue weighted by atomic mass is 127. The van der Waals surface area contributed by atoms with Gasteiger partial charge in [0.1, 0.15) is 5.75 Å². The van der Waals surface area contributed by atoms with Crippen LogP contribution in [0, 0.1) is 3.57 Å². The Kier molecular flexibility index (Phi) is 4.57. The van der Waals surface area contributed by atoms with Crippen molar-refractivity contribution >= 4 is 28.5 Å². The van der Waals surface area contributed by atoms with Crippen LogP contribution in [-0.2, 0) is 4.84 Å². The summed E-state index contributed by atoms with van der Waals surface area (Å²) >= 11 is 1.84. The summed E-state index contributed by atoms with van der Waals surface area (Å²) in [7, 11) is 0. The minimum atomic E-state index is -4.51. The van der Waals surface area contributed by atoms with E-state index in [4.69, 9.17) is 0 Å². The Morgan fingerprint density at radius 3 is 2.65 bits per heavy atom. The number of aromatic hydroxyl groups is 1. The van der Waals surface area contributed by atoms with Crippen LogP contribution in [0.1, 0.15) is 10.4 Å². The molecule has 0 radical (unpaired) electrons. The summed E-state index contributed by atoms with van der Waals surface area (Å²) in [4.78, 5) is 15.3. The zero-order valence-corrected chi connectivity index (χ0v) is 10.4. The molecule has 94 valence electrons. The predicted molar refractivity (Wildman–Crippen MR) is 60.3 cm³/mol. The normalized spacial score (nSPS) is 11.3. The van der Waals surface area contributed by atoms with Crippen molar-refractivity contribution in [3.63, 3.8) is 0 Å². The van der Waals surface area contributed by atoms with Crippen LogP contribution in [0.15, 0.2) is 18.2 Å². The first-order chi connectivity index (χ1) is 7.79. The van der Waals surface area contributed by atoms with E-state index in [-0.39, 0.29) is 11.3 Å². The van der Waals surface area contributed by atoms with Crippen molar-refractivity contribution in [1.82, 2.24) is 5.48 Å². The van der Waals surface area contributed by atoms with Gasteiger partial charge in [-0.3, -0.25) is 9.63 Å². The smallest absolute Gasteiger partial charge is 0.414 e. The molecule has 0 fully saturated rings. The van der Waals surface area contributed by atoms with Gasteiger partial charge in [0.15, 0.2) is 6.61 Å². The molecule has 1 aromatic rings. The molecule has 1 rings (SSSR count). The van der Waals surface area contributed by atoms with E-state index in [2.05, 4.69) is 4.84 Å². The molecular formula is C9H7F3INO3. The number of phenolic OH excluding ortho intramolecular Hbond substituents is 1. The molecule has 4 nitrogen and oxygen atoms in total. The molecule has 0 heterocycles. The second kappa shape index (κ2) is 5.54. The number of hydrogen-bond acceptors (Lipinski definition) is 3. The van der Waals surface area contributed by atoms with E-state index in [0.717, 1.165) is 6.07 Å². The standard InChI is InChI=1S/C9H7F3INO3/c10-9(11,12)4-17-14-8(16)5-1-2-6(13)7(15)3-5/h1-3,15H,4H2,(H,14,16). The third-order valence-electron chi connectivity index (χ3n) is 1.61. The number of amides is 1. The number of alkyl halides is 3. The monoisotopic (exact) mass is 361 g/mol. The fourth-order valence-electron chi connectivity index (χ4n) is 0.896. The van der Waals surface area contributed by atoms with Crippen LogP contribution in [0.4, 0.5) is 13.2 Å². The van der Waals surface area contributed by atoms with Crippen LogP contribution in [0.3, 0.4) is 0 Å². The molecule has 0 spiro atoms. The highest BCUT2D eigenvalue weighted by Crippen LogP contribution is 2.20.